The first-order chi connectivity index (χ1) is 6.38. The van der Waals surface area contributed by atoms with E-state index >= 15 is 0 Å². The van der Waals surface area contributed by atoms with Crippen molar-refractivity contribution in [2.24, 2.45) is 0 Å². The fourth-order valence-corrected chi connectivity index (χ4v) is 0.760. The Morgan fingerprint density at radius 2 is 2.54 bits per heavy atom. The first-order valence-electron chi connectivity index (χ1n) is 3.87. The van der Waals surface area contributed by atoms with E-state index in [1.165, 1.54) is 6.20 Å². The average molecular weight is 178 g/mol. The van der Waals surface area contributed by atoms with Crippen LogP contribution in [0.15, 0.2) is 12.3 Å². The molecular formula is C8H10N4O. The highest BCUT2D eigenvalue weighted by Crippen LogP contribution is 2.10. The van der Waals surface area contributed by atoms with Gasteiger partial charge in [-0.25, -0.2) is 0 Å². The van der Waals surface area contributed by atoms with Crippen LogP contribution in [0.2, 0.25) is 0 Å². The van der Waals surface area contributed by atoms with Crippen LogP contribution in [-0.4, -0.2) is 30.4 Å². The van der Waals surface area contributed by atoms with Gasteiger partial charge in [0.15, 0.2) is 0 Å². The zero-order valence-corrected chi connectivity index (χ0v) is 7.32. The summed E-state index contributed by atoms with van der Waals surface area (Å²) in [5, 5.41) is 18.9. The molecule has 0 bridgehead atoms. The predicted octanol–water partition coefficient (Wildman–Crippen LogP) is -0.0535. The summed E-state index contributed by atoms with van der Waals surface area (Å²) < 4.78 is 5.21. The maximum absolute atomic E-state index is 8.66. The molecule has 13 heavy (non-hydrogen) atoms. The van der Waals surface area contributed by atoms with Crippen LogP contribution >= 0.6 is 0 Å². The monoisotopic (exact) mass is 178 g/mol. The lowest BCUT2D eigenvalue weighted by atomic mass is 10.3. The standard InChI is InChI=1S/C8H10N4O/c1-10-4-5-13-8-7(6-9)2-3-11-12-8/h2-3,10H,4-5H2,1H3. The van der Waals surface area contributed by atoms with E-state index in [-0.39, 0.29) is 0 Å². The molecule has 0 saturated carbocycles. The van der Waals surface area contributed by atoms with Crippen molar-refractivity contribution in [3.05, 3.63) is 17.8 Å². The number of rotatable bonds is 4. The molecule has 0 saturated heterocycles. The fraction of sp³-hybridized carbons (Fsp3) is 0.375. The molecule has 1 heterocycles. The topological polar surface area (TPSA) is 70.8 Å². The second kappa shape index (κ2) is 5.06. The van der Waals surface area contributed by atoms with Gasteiger partial charge in [0, 0.05) is 6.54 Å². The van der Waals surface area contributed by atoms with Gasteiger partial charge in [0.2, 0.25) is 0 Å². The SMILES string of the molecule is CNCCOc1nnccc1C#N. The zero-order chi connectivity index (χ0) is 9.52. The summed E-state index contributed by atoms with van der Waals surface area (Å²) >= 11 is 0. The Morgan fingerprint density at radius 1 is 1.69 bits per heavy atom. The van der Waals surface area contributed by atoms with Gasteiger partial charge in [-0.2, -0.15) is 10.4 Å². The molecule has 5 heteroatoms. The number of nitrogens with zero attached hydrogens (tertiary/aromatic N) is 3. The molecule has 0 aromatic carbocycles. The summed E-state index contributed by atoms with van der Waals surface area (Å²) in [6, 6.07) is 3.55. The zero-order valence-electron chi connectivity index (χ0n) is 7.32. The van der Waals surface area contributed by atoms with E-state index in [1.807, 2.05) is 13.1 Å². The second-order valence-electron chi connectivity index (χ2n) is 2.31. The first kappa shape index (κ1) is 9.42. The van der Waals surface area contributed by atoms with Crippen molar-refractivity contribution < 1.29 is 4.74 Å². The number of ether oxygens (including phenoxy) is 1. The minimum atomic E-state index is 0.292. The molecule has 0 radical (unpaired) electrons. The molecular weight excluding hydrogens is 168 g/mol. The highest BCUT2D eigenvalue weighted by atomic mass is 16.5. The summed E-state index contributed by atoms with van der Waals surface area (Å²) in [7, 11) is 1.82. The van der Waals surface area contributed by atoms with Crippen molar-refractivity contribution >= 4 is 0 Å². The molecule has 0 spiro atoms. The third kappa shape index (κ3) is 2.69. The van der Waals surface area contributed by atoms with Crippen LogP contribution in [0.5, 0.6) is 5.88 Å². The van der Waals surface area contributed by atoms with E-state index in [0.717, 1.165) is 0 Å². The van der Waals surface area contributed by atoms with Gasteiger partial charge in [-0.15, -0.1) is 5.10 Å². The van der Waals surface area contributed by atoms with Crippen molar-refractivity contribution in [3.63, 3.8) is 0 Å². The molecule has 5 nitrogen and oxygen atoms in total. The van der Waals surface area contributed by atoms with Gasteiger partial charge in [-0.05, 0) is 13.1 Å². The van der Waals surface area contributed by atoms with Gasteiger partial charge in [0.25, 0.3) is 5.88 Å². The molecule has 1 rings (SSSR count). The Morgan fingerprint density at radius 3 is 3.23 bits per heavy atom. The molecule has 1 aromatic rings. The minimum Gasteiger partial charge on any atom is -0.474 e. The predicted molar refractivity (Wildman–Crippen MR) is 46.2 cm³/mol. The molecule has 0 amide bonds. The first-order valence-corrected chi connectivity index (χ1v) is 3.87. The quantitative estimate of drug-likeness (QED) is 0.654. The average Bonchev–Trinajstić information content (AvgIpc) is 2.19. The van der Waals surface area contributed by atoms with Crippen LogP contribution in [-0.2, 0) is 0 Å². The Balaban J connectivity index is 2.60. The van der Waals surface area contributed by atoms with E-state index in [1.54, 1.807) is 6.07 Å². The summed E-state index contributed by atoms with van der Waals surface area (Å²) in [6.45, 7) is 1.19. The van der Waals surface area contributed by atoms with E-state index in [2.05, 4.69) is 15.5 Å². The molecule has 0 aliphatic heterocycles. The maximum atomic E-state index is 8.66. The third-order valence-corrected chi connectivity index (χ3v) is 1.40. The lowest BCUT2D eigenvalue weighted by molar-refractivity contribution is 0.302. The number of likely N-dealkylation sites (N-methyl/N-ethyl adjacent to an activating group) is 1. The summed E-state index contributed by atoms with van der Waals surface area (Å²) in [5.74, 6) is 0.292. The Labute approximate surface area is 76.4 Å². The van der Waals surface area contributed by atoms with E-state index in [4.69, 9.17) is 10.00 Å². The van der Waals surface area contributed by atoms with Crippen LogP contribution in [0.4, 0.5) is 0 Å². The summed E-state index contributed by atoms with van der Waals surface area (Å²) in [5.41, 5.74) is 0.408. The van der Waals surface area contributed by atoms with E-state index in [9.17, 15) is 0 Å². The number of hydrogen-bond donors (Lipinski definition) is 1. The van der Waals surface area contributed by atoms with Crippen molar-refractivity contribution in [2.45, 2.75) is 0 Å². The summed E-state index contributed by atoms with van der Waals surface area (Å²) in [6.07, 6.45) is 1.46. The molecule has 1 N–H and O–H groups in total. The molecule has 0 fully saturated rings. The van der Waals surface area contributed by atoms with Crippen LogP contribution in [0.25, 0.3) is 0 Å². The molecule has 0 unspecified atom stereocenters. The van der Waals surface area contributed by atoms with Gasteiger partial charge in [-0.1, -0.05) is 0 Å². The molecule has 0 aliphatic carbocycles. The van der Waals surface area contributed by atoms with E-state index in [0.29, 0.717) is 24.6 Å². The van der Waals surface area contributed by atoms with Crippen molar-refractivity contribution in [1.29, 1.82) is 5.26 Å². The number of nitrogens with one attached hydrogen (secondary N) is 1. The molecule has 68 valence electrons. The minimum absolute atomic E-state index is 0.292. The van der Waals surface area contributed by atoms with Gasteiger partial charge < -0.3 is 10.1 Å². The largest absolute Gasteiger partial charge is 0.474 e. The molecule has 0 atom stereocenters. The normalized spacial score (nSPS) is 9.23. The van der Waals surface area contributed by atoms with Gasteiger partial charge in [0.05, 0.1) is 6.20 Å². The van der Waals surface area contributed by atoms with Gasteiger partial charge >= 0.3 is 0 Å². The Bertz CT molecular complexity index is 307. The van der Waals surface area contributed by atoms with Crippen LogP contribution in [0, 0.1) is 11.3 Å². The fourth-order valence-electron chi connectivity index (χ4n) is 0.760. The lowest BCUT2D eigenvalue weighted by Gasteiger charge is -2.03. The number of hydrogen-bond acceptors (Lipinski definition) is 5. The highest BCUT2D eigenvalue weighted by molar-refractivity contribution is 5.35. The Hall–Kier alpha value is -1.67. The van der Waals surface area contributed by atoms with Gasteiger partial charge in [0.1, 0.15) is 18.2 Å². The van der Waals surface area contributed by atoms with Crippen LogP contribution < -0.4 is 10.1 Å². The third-order valence-electron chi connectivity index (χ3n) is 1.40. The van der Waals surface area contributed by atoms with Crippen LogP contribution in [0.3, 0.4) is 0 Å². The maximum Gasteiger partial charge on any atom is 0.251 e. The molecule has 0 aliphatic rings. The summed E-state index contributed by atoms with van der Waals surface area (Å²) in [4.78, 5) is 0. The van der Waals surface area contributed by atoms with Crippen molar-refractivity contribution in [1.82, 2.24) is 15.5 Å². The number of aromatic nitrogens is 2. The molecule has 1 aromatic heterocycles. The smallest absolute Gasteiger partial charge is 0.251 e. The van der Waals surface area contributed by atoms with Crippen molar-refractivity contribution in [2.75, 3.05) is 20.2 Å². The van der Waals surface area contributed by atoms with Crippen LogP contribution in [0.1, 0.15) is 5.56 Å². The second-order valence-corrected chi connectivity index (χ2v) is 2.31. The number of nitriles is 1. The van der Waals surface area contributed by atoms with E-state index < -0.39 is 0 Å². The highest BCUT2D eigenvalue weighted by Gasteiger charge is 2.02. The Kier molecular flexibility index (Phi) is 3.67. The lowest BCUT2D eigenvalue weighted by Crippen LogP contribution is -2.16. The van der Waals surface area contributed by atoms with Crippen molar-refractivity contribution in [3.8, 4) is 11.9 Å². The van der Waals surface area contributed by atoms with Gasteiger partial charge in [-0.3, -0.25) is 0 Å².